The standard InChI is InChI=1S/C9H5F4O/c1-2-6-5-7(3-4-8(6)10)14-9(11,12)13/h3-5H,1H2. The minimum atomic E-state index is -4.78. The third-order valence-corrected chi connectivity index (χ3v) is 1.36. The molecule has 0 amide bonds. The molecule has 0 unspecified atom stereocenters. The Morgan fingerprint density at radius 1 is 1.29 bits per heavy atom. The molecule has 0 saturated carbocycles. The molecule has 0 aliphatic carbocycles. The van der Waals surface area contributed by atoms with E-state index in [2.05, 4.69) is 17.4 Å². The molecule has 1 radical (unpaired) electrons. The minimum Gasteiger partial charge on any atom is -0.406 e. The molecule has 0 atom stereocenters. The van der Waals surface area contributed by atoms with Crippen LogP contribution in [0.25, 0.3) is 0 Å². The molecule has 0 aromatic heterocycles. The van der Waals surface area contributed by atoms with E-state index in [1.807, 2.05) is 0 Å². The fraction of sp³-hybridized carbons (Fsp3) is 0.111. The van der Waals surface area contributed by atoms with Gasteiger partial charge in [-0.05, 0) is 24.3 Å². The fourth-order valence-electron chi connectivity index (χ4n) is 0.837. The summed E-state index contributed by atoms with van der Waals surface area (Å²) in [6.07, 6.45) is -2.63. The van der Waals surface area contributed by atoms with Crippen molar-refractivity contribution < 1.29 is 22.3 Å². The zero-order valence-electron chi connectivity index (χ0n) is 6.86. The lowest BCUT2D eigenvalue weighted by atomic mass is 10.2. The van der Waals surface area contributed by atoms with Gasteiger partial charge in [-0.2, -0.15) is 0 Å². The number of alkyl halides is 3. The predicted octanol–water partition coefficient (Wildman–Crippen LogP) is 3.06. The van der Waals surface area contributed by atoms with E-state index in [0.717, 1.165) is 18.2 Å². The van der Waals surface area contributed by atoms with Crippen LogP contribution in [-0.4, -0.2) is 6.36 Å². The molecule has 0 heterocycles. The largest absolute Gasteiger partial charge is 0.573 e. The van der Waals surface area contributed by atoms with Gasteiger partial charge in [0.15, 0.2) is 0 Å². The van der Waals surface area contributed by atoms with Gasteiger partial charge < -0.3 is 4.74 Å². The van der Waals surface area contributed by atoms with Crippen LogP contribution in [0.2, 0.25) is 0 Å². The third-order valence-electron chi connectivity index (χ3n) is 1.36. The van der Waals surface area contributed by atoms with Crippen molar-refractivity contribution in [3.8, 4) is 5.75 Å². The van der Waals surface area contributed by atoms with Gasteiger partial charge in [0.1, 0.15) is 11.6 Å². The molecular formula is C9H5F4O. The second-order valence-corrected chi connectivity index (χ2v) is 2.37. The van der Waals surface area contributed by atoms with Gasteiger partial charge in [0, 0.05) is 5.56 Å². The van der Waals surface area contributed by atoms with E-state index in [1.165, 1.54) is 0 Å². The van der Waals surface area contributed by atoms with Crippen LogP contribution < -0.4 is 4.74 Å². The first kappa shape index (κ1) is 10.6. The number of halogens is 4. The fourth-order valence-corrected chi connectivity index (χ4v) is 0.837. The number of ether oxygens (including phenoxy) is 1. The maximum absolute atomic E-state index is 12.8. The first-order valence-corrected chi connectivity index (χ1v) is 3.51. The summed E-state index contributed by atoms with van der Waals surface area (Å²) in [5.41, 5.74) is -0.160. The molecule has 0 aliphatic rings. The summed E-state index contributed by atoms with van der Waals surface area (Å²) in [7, 11) is 0. The molecule has 0 aliphatic heterocycles. The lowest BCUT2D eigenvalue weighted by molar-refractivity contribution is -0.274. The highest BCUT2D eigenvalue weighted by molar-refractivity contribution is 5.33. The van der Waals surface area contributed by atoms with Crippen LogP contribution in [-0.2, 0) is 0 Å². The summed E-state index contributed by atoms with van der Waals surface area (Å²) in [4.78, 5) is 0. The van der Waals surface area contributed by atoms with Crippen molar-refractivity contribution >= 4 is 0 Å². The van der Waals surface area contributed by atoms with Crippen LogP contribution in [0.3, 0.4) is 0 Å². The number of benzene rings is 1. The van der Waals surface area contributed by atoms with Crippen molar-refractivity contribution in [3.63, 3.8) is 0 Å². The summed E-state index contributed by atoms with van der Waals surface area (Å²) >= 11 is 0. The van der Waals surface area contributed by atoms with Crippen LogP contribution in [0.1, 0.15) is 5.56 Å². The molecule has 1 aromatic carbocycles. The van der Waals surface area contributed by atoms with E-state index in [9.17, 15) is 17.6 Å². The number of hydrogen-bond acceptors (Lipinski definition) is 1. The van der Waals surface area contributed by atoms with Gasteiger partial charge in [0.05, 0.1) is 0 Å². The molecule has 0 fully saturated rings. The first-order chi connectivity index (χ1) is 6.42. The second kappa shape index (κ2) is 3.69. The minimum absolute atomic E-state index is 0.160. The van der Waals surface area contributed by atoms with Gasteiger partial charge >= 0.3 is 6.36 Å². The Kier molecular flexibility index (Phi) is 2.78. The average Bonchev–Trinajstić information content (AvgIpc) is 2.06. The van der Waals surface area contributed by atoms with Crippen molar-refractivity contribution in [2.24, 2.45) is 0 Å². The molecule has 0 saturated heterocycles. The lowest BCUT2D eigenvalue weighted by Gasteiger charge is -2.09. The van der Waals surface area contributed by atoms with Crippen LogP contribution in [0, 0.1) is 11.9 Å². The number of hydrogen-bond donors (Lipinski definition) is 0. The van der Waals surface area contributed by atoms with E-state index in [1.54, 1.807) is 0 Å². The highest BCUT2D eigenvalue weighted by atomic mass is 19.4. The summed E-state index contributed by atoms with van der Waals surface area (Å²) in [6, 6.07) is 2.61. The topological polar surface area (TPSA) is 9.23 Å². The van der Waals surface area contributed by atoms with E-state index >= 15 is 0 Å². The lowest BCUT2D eigenvalue weighted by Crippen LogP contribution is -2.17. The highest BCUT2D eigenvalue weighted by Gasteiger charge is 2.31. The highest BCUT2D eigenvalue weighted by Crippen LogP contribution is 2.24. The summed E-state index contributed by atoms with van der Waals surface area (Å²) in [6.45, 7) is 3.13. The molecule has 1 aromatic rings. The summed E-state index contributed by atoms with van der Waals surface area (Å²) < 4.78 is 51.5. The quantitative estimate of drug-likeness (QED) is 0.674. The van der Waals surface area contributed by atoms with Crippen molar-refractivity contribution in [1.82, 2.24) is 0 Å². The molecule has 75 valence electrons. The Labute approximate surface area is 77.6 Å². The average molecular weight is 205 g/mol. The normalized spacial score (nSPS) is 11.1. The maximum Gasteiger partial charge on any atom is 0.573 e. The van der Waals surface area contributed by atoms with Gasteiger partial charge in [0.2, 0.25) is 0 Å². The molecule has 1 rings (SSSR count). The van der Waals surface area contributed by atoms with E-state index < -0.39 is 17.9 Å². The van der Waals surface area contributed by atoms with Gasteiger partial charge in [-0.1, -0.05) is 6.58 Å². The Morgan fingerprint density at radius 2 is 1.93 bits per heavy atom. The Balaban J connectivity index is 2.95. The van der Waals surface area contributed by atoms with Crippen molar-refractivity contribution in [1.29, 1.82) is 0 Å². The molecule has 5 heteroatoms. The monoisotopic (exact) mass is 205 g/mol. The Hall–Kier alpha value is -1.52. The van der Waals surface area contributed by atoms with Crippen LogP contribution in [0.4, 0.5) is 17.6 Å². The third kappa shape index (κ3) is 2.76. The van der Waals surface area contributed by atoms with E-state index in [4.69, 9.17) is 0 Å². The van der Waals surface area contributed by atoms with E-state index in [0.29, 0.717) is 0 Å². The summed E-state index contributed by atoms with van der Waals surface area (Å²) in [5, 5.41) is 0. The van der Waals surface area contributed by atoms with Crippen LogP contribution in [0.5, 0.6) is 5.75 Å². The molecular weight excluding hydrogens is 200 g/mol. The zero-order chi connectivity index (χ0) is 10.8. The second-order valence-electron chi connectivity index (χ2n) is 2.37. The maximum atomic E-state index is 12.8. The van der Waals surface area contributed by atoms with Crippen molar-refractivity contribution in [2.45, 2.75) is 6.36 Å². The Bertz CT molecular complexity index is 343. The summed E-state index contributed by atoms with van der Waals surface area (Å²) in [5.74, 6) is -1.19. The molecule has 1 nitrogen and oxygen atoms in total. The molecule has 0 bridgehead atoms. The predicted molar refractivity (Wildman–Crippen MR) is 41.1 cm³/mol. The molecule has 0 spiro atoms. The van der Waals surface area contributed by atoms with Gasteiger partial charge in [0.25, 0.3) is 0 Å². The zero-order valence-corrected chi connectivity index (χ0v) is 6.86. The van der Waals surface area contributed by atoms with Gasteiger partial charge in [-0.3, -0.25) is 0 Å². The Morgan fingerprint density at radius 3 is 2.43 bits per heavy atom. The van der Waals surface area contributed by atoms with Crippen LogP contribution >= 0.6 is 0 Å². The van der Waals surface area contributed by atoms with Gasteiger partial charge in [-0.15, -0.1) is 13.2 Å². The van der Waals surface area contributed by atoms with Crippen molar-refractivity contribution in [2.75, 3.05) is 0 Å². The van der Waals surface area contributed by atoms with Crippen molar-refractivity contribution in [3.05, 3.63) is 42.2 Å². The smallest absolute Gasteiger partial charge is 0.406 e. The molecule has 14 heavy (non-hydrogen) atoms. The van der Waals surface area contributed by atoms with Gasteiger partial charge in [-0.25, -0.2) is 4.39 Å². The number of rotatable bonds is 2. The van der Waals surface area contributed by atoms with Crippen LogP contribution in [0.15, 0.2) is 24.8 Å². The SMILES string of the molecule is C=[C]c1cc(OC(F)(F)F)ccc1F. The molecule has 0 N–H and O–H groups in total. The van der Waals surface area contributed by atoms with E-state index in [-0.39, 0.29) is 5.56 Å². The first-order valence-electron chi connectivity index (χ1n) is 3.51.